The van der Waals surface area contributed by atoms with Crippen molar-refractivity contribution in [3.05, 3.63) is 59.7 Å². The Morgan fingerprint density at radius 2 is 1.48 bits per heavy atom. The minimum Gasteiger partial charge on any atom is -0.445 e. The van der Waals surface area contributed by atoms with Gasteiger partial charge in [0, 0.05) is 11.1 Å². The van der Waals surface area contributed by atoms with Crippen LogP contribution < -0.4 is 0 Å². The van der Waals surface area contributed by atoms with Gasteiger partial charge < -0.3 is 9.57 Å². The summed E-state index contributed by atoms with van der Waals surface area (Å²) in [6.45, 7) is 5.46. The van der Waals surface area contributed by atoms with Crippen molar-refractivity contribution in [3.8, 4) is 11.1 Å². The second-order valence-corrected chi connectivity index (χ2v) is 9.16. The summed E-state index contributed by atoms with van der Waals surface area (Å²) in [5.41, 5.74) is 3.79. The van der Waals surface area contributed by atoms with E-state index in [2.05, 4.69) is 24.3 Å². The Morgan fingerprint density at radius 3 is 2.03 bits per heavy atom. The van der Waals surface area contributed by atoms with E-state index in [-0.39, 0.29) is 18.4 Å². The molecule has 0 unspecified atom stereocenters. The number of carbonyl (C=O) groups is 2. The molecular weight excluding hydrogens is 394 g/mol. The molecule has 0 bridgehead atoms. The summed E-state index contributed by atoms with van der Waals surface area (Å²) in [5.74, 6) is -0.735. The summed E-state index contributed by atoms with van der Waals surface area (Å²) in [4.78, 5) is 36.3. The van der Waals surface area contributed by atoms with Gasteiger partial charge in [-0.15, -0.1) is 0 Å². The third-order valence-corrected chi connectivity index (χ3v) is 5.70. The molecule has 1 amide bonds. The van der Waals surface area contributed by atoms with Gasteiger partial charge in [-0.25, -0.2) is 14.4 Å². The number of hydroxylamine groups is 2. The number of ether oxygens (including phenoxy) is 1. The summed E-state index contributed by atoms with van der Waals surface area (Å²) in [5, 5.41) is 0.618. The lowest BCUT2D eigenvalue weighted by atomic mass is 9.98. The van der Waals surface area contributed by atoms with Crippen molar-refractivity contribution in [1.29, 1.82) is 0 Å². The Labute approximate surface area is 183 Å². The van der Waals surface area contributed by atoms with Gasteiger partial charge in [-0.2, -0.15) is 0 Å². The first-order valence-electron chi connectivity index (χ1n) is 10.9. The molecule has 0 saturated heterocycles. The lowest BCUT2D eigenvalue weighted by Gasteiger charge is -2.28. The largest absolute Gasteiger partial charge is 0.469 e. The van der Waals surface area contributed by atoms with Crippen molar-refractivity contribution in [2.75, 3.05) is 6.61 Å². The molecule has 4 rings (SSSR count). The van der Waals surface area contributed by atoms with E-state index in [4.69, 9.17) is 14.4 Å². The van der Waals surface area contributed by atoms with Gasteiger partial charge in [-0.1, -0.05) is 61.4 Å². The first-order chi connectivity index (χ1) is 14.8. The monoisotopic (exact) mass is 423 g/mol. The summed E-state index contributed by atoms with van der Waals surface area (Å²) in [6.07, 6.45) is 2.69. The average Bonchev–Trinajstić information content (AvgIpc) is 3.38. The van der Waals surface area contributed by atoms with Crippen LogP contribution in [0.3, 0.4) is 0 Å². The number of benzene rings is 2. The van der Waals surface area contributed by atoms with Crippen LogP contribution in [0.1, 0.15) is 63.5 Å². The summed E-state index contributed by atoms with van der Waals surface area (Å²) >= 11 is 0. The third kappa shape index (κ3) is 4.74. The van der Waals surface area contributed by atoms with E-state index in [0.29, 0.717) is 5.23 Å². The van der Waals surface area contributed by atoms with Crippen LogP contribution in [0.25, 0.3) is 11.1 Å². The quantitative estimate of drug-likeness (QED) is 0.598. The number of hydrogen-bond acceptors (Lipinski definition) is 5. The molecule has 0 aliphatic heterocycles. The highest BCUT2D eigenvalue weighted by molar-refractivity contribution is 5.79. The van der Waals surface area contributed by atoms with Crippen molar-refractivity contribution in [2.45, 2.75) is 58.0 Å². The fraction of sp³-hybridized carbons (Fsp3) is 0.440. The molecule has 6 heteroatoms. The summed E-state index contributed by atoms with van der Waals surface area (Å²) in [6, 6.07) is 16.2. The molecule has 1 saturated carbocycles. The zero-order valence-electron chi connectivity index (χ0n) is 18.3. The van der Waals surface area contributed by atoms with E-state index in [1.54, 1.807) is 20.8 Å². The predicted molar refractivity (Wildman–Crippen MR) is 116 cm³/mol. The van der Waals surface area contributed by atoms with E-state index in [0.717, 1.165) is 47.9 Å². The summed E-state index contributed by atoms with van der Waals surface area (Å²) < 4.78 is 5.60. The number of fused-ring (bicyclic) bond motifs is 3. The van der Waals surface area contributed by atoms with Crippen LogP contribution >= 0.6 is 0 Å². The smallest absolute Gasteiger partial charge is 0.445 e. The molecule has 164 valence electrons. The van der Waals surface area contributed by atoms with Crippen LogP contribution in [0.5, 0.6) is 0 Å². The number of amides is 1. The van der Waals surface area contributed by atoms with Gasteiger partial charge >= 0.3 is 12.1 Å². The number of nitrogens with zero attached hydrogens (tertiary/aromatic N) is 1. The second kappa shape index (κ2) is 8.71. The van der Waals surface area contributed by atoms with Crippen LogP contribution in [0.15, 0.2) is 48.5 Å². The van der Waals surface area contributed by atoms with Gasteiger partial charge in [0.25, 0.3) is 0 Å². The van der Waals surface area contributed by atoms with Crippen molar-refractivity contribution in [1.82, 2.24) is 5.23 Å². The lowest BCUT2D eigenvalue weighted by Crippen LogP contribution is -2.41. The Balaban J connectivity index is 1.48. The average molecular weight is 424 g/mol. The van der Waals surface area contributed by atoms with E-state index in [1.165, 1.54) is 0 Å². The Bertz CT molecular complexity index is 913. The normalized spacial score (nSPS) is 16.0. The highest BCUT2D eigenvalue weighted by atomic mass is 17.0. The van der Waals surface area contributed by atoms with Crippen molar-refractivity contribution in [3.63, 3.8) is 0 Å². The molecule has 1 fully saturated rings. The predicted octanol–water partition coefficient (Wildman–Crippen LogP) is 5.62. The number of rotatable bonds is 4. The maximum absolute atomic E-state index is 12.9. The molecule has 2 aromatic rings. The van der Waals surface area contributed by atoms with Crippen LogP contribution in [0.4, 0.5) is 4.79 Å². The van der Waals surface area contributed by atoms with Gasteiger partial charge in [0.05, 0.1) is 11.5 Å². The maximum atomic E-state index is 12.9. The maximum Gasteiger partial charge on any atom is 0.469 e. The van der Waals surface area contributed by atoms with Crippen molar-refractivity contribution >= 4 is 12.1 Å². The minimum atomic E-state index is -0.830. The molecule has 0 N–H and O–H groups in total. The number of carbonyl (C=O) groups excluding carboxylic acids is 2. The molecule has 0 aromatic heterocycles. The van der Waals surface area contributed by atoms with E-state index in [1.807, 2.05) is 24.3 Å². The van der Waals surface area contributed by atoms with Gasteiger partial charge in [-0.05, 0) is 55.9 Å². The Kier molecular flexibility index (Phi) is 6.01. The zero-order valence-corrected chi connectivity index (χ0v) is 18.3. The van der Waals surface area contributed by atoms with Crippen molar-refractivity contribution in [2.24, 2.45) is 5.92 Å². The molecular formula is C25H29NO5. The van der Waals surface area contributed by atoms with Gasteiger partial charge in [-0.3, -0.25) is 0 Å². The third-order valence-electron chi connectivity index (χ3n) is 5.70. The zero-order chi connectivity index (χ0) is 22.0. The Hall–Kier alpha value is -2.86. The van der Waals surface area contributed by atoms with Gasteiger partial charge in [0.1, 0.15) is 6.61 Å². The molecule has 0 atom stereocenters. The van der Waals surface area contributed by atoms with Crippen LogP contribution in [0, 0.1) is 5.92 Å². The van der Waals surface area contributed by atoms with E-state index in [9.17, 15) is 9.59 Å². The Morgan fingerprint density at radius 1 is 0.935 bits per heavy atom. The number of hydrogen-bond donors (Lipinski definition) is 0. The van der Waals surface area contributed by atoms with E-state index < -0.39 is 17.7 Å². The molecule has 0 radical (unpaired) electrons. The van der Waals surface area contributed by atoms with Crippen LogP contribution in [-0.2, 0) is 19.2 Å². The fourth-order valence-corrected chi connectivity index (χ4v) is 4.31. The molecule has 2 aliphatic carbocycles. The van der Waals surface area contributed by atoms with Gasteiger partial charge in [0.15, 0.2) is 0 Å². The molecule has 2 aliphatic rings. The molecule has 0 spiro atoms. The lowest BCUT2D eigenvalue weighted by molar-refractivity contribution is -0.353. The van der Waals surface area contributed by atoms with Crippen LogP contribution in [-0.4, -0.2) is 29.5 Å². The first-order valence-corrected chi connectivity index (χ1v) is 10.9. The fourth-order valence-electron chi connectivity index (χ4n) is 4.31. The molecule has 31 heavy (non-hydrogen) atoms. The molecule has 0 heterocycles. The highest BCUT2D eigenvalue weighted by Gasteiger charge is 2.34. The topological polar surface area (TPSA) is 65.1 Å². The highest BCUT2D eigenvalue weighted by Crippen LogP contribution is 2.44. The van der Waals surface area contributed by atoms with Crippen molar-refractivity contribution < 1.29 is 24.0 Å². The van der Waals surface area contributed by atoms with Crippen LogP contribution in [0.2, 0.25) is 0 Å². The molecule has 6 nitrogen and oxygen atoms in total. The SMILES string of the molecule is CC(C)(C)ON(OC(=O)C1CCCC1)C(=O)OCC1c2ccccc2-c2ccccc21. The van der Waals surface area contributed by atoms with E-state index >= 15 is 0 Å². The first kappa shape index (κ1) is 21.4. The van der Waals surface area contributed by atoms with Gasteiger partial charge in [0.2, 0.25) is 0 Å². The minimum absolute atomic E-state index is 0.0848. The molecule has 2 aromatic carbocycles. The summed E-state index contributed by atoms with van der Waals surface area (Å²) in [7, 11) is 0. The second-order valence-electron chi connectivity index (χ2n) is 9.16. The standard InChI is InChI=1S/C25H29NO5/c1-25(2,3)31-26(30-23(27)17-10-4-5-11-17)24(28)29-16-22-20-14-8-6-12-18(20)19-13-7-9-15-21(19)22/h6-9,12-15,17,22H,4-5,10-11,16H2,1-3H3.